The number of esters is 1. The number of carboxylic acids is 3. The number of aliphatic carboxylic acids is 3. The molecule has 0 bridgehead atoms. The van der Waals surface area contributed by atoms with Crippen molar-refractivity contribution in [2.75, 3.05) is 33.5 Å². The molecule has 0 aromatic rings. The van der Waals surface area contributed by atoms with Gasteiger partial charge in [0, 0.05) is 81.6 Å². The summed E-state index contributed by atoms with van der Waals surface area (Å²) in [4.78, 5) is 63.6. The van der Waals surface area contributed by atoms with Crippen molar-refractivity contribution in [1.82, 2.24) is 10.6 Å². The zero-order valence-electron chi connectivity index (χ0n) is 43.7. The van der Waals surface area contributed by atoms with Gasteiger partial charge < -0.3 is 66.6 Å². The monoisotopic (exact) mass is 1140 g/mol. The number of nitrogens with two attached hydrogens (primary N) is 3. The zero-order chi connectivity index (χ0) is 60.2. The first-order valence-corrected chi connectivity index (χ1v) is 24.5. The van der Waals surface area contributed by atoms with E-state index in [-0.39, 0.29) is 55.6 Å². The van der Waals surface area contributed by atoms with Crippen LogP contribution in [0.3, 0.4) is 0 Å². The van der Waals surface area contributed by atoms with Crippen molar-refractivity contribution in [1.29, 1.82) is 0 Å². The van der Waals surface area contributed by atoms with Crippen molar-refractivity contribution in [3.05, 3.63) is 77.9 Å². The van der Waals surface area contributed by atoms with Crippen LogP contribution in [0.1, 0.15) is 79.1 Å². The number of ether oxygens (including phenoxy) is 5. The van der Waals surface area contributed by atoms with Gasteiger partial charge in [0.15, 0.2) is 0 Å². The van der Waals surface area contributed by atoms with Crippen molar-refractivity contribution in [2.24, 2.45) is 32.5 Å². The summed E-state index contributed by atoms with van der Waals surface area (Å²) in [5, 5.41) is 50.2. The Morgan fingerprint density at radius 2 is 0.949 bits per heavy atom. The van der Waals surface area contributed by atoms with Crippen molar-refractivity contribution in [3.63, 3.8) is 0 Å². The van der Waals surface area contributed by atoms with Crippen LogP contribution in [-0.2, 0) is 47.7 Å². The van der Waals surface area contributed by atoms with E-state index < -0.39 is 121 Å². The molecule has 0 radical (unpaired) electrons. The molecule has 0 saturated heterocycles. The van der Waals surface area contributed by atoms with Gasteiger partial charge in [0.2, 0.25) is 6.23 Å². The van der Waals surface area contributed by atoms with Crippen LogP contribution in [0.5, 0.6) is 0 Å². The summed E-state index contributed by atoms with van der Waals surface area (Å²) < 4.78 is 101. The average molecular weight is 1140 g/mol. The molecule has 34 heteroatoms. The van der Waals surface area contributed by atoms with Crippen molar-refractivity contribution < 1.29 is 94.4 Å². The Hall–Kier alpha value is -6.54. The molecular formula is C45H68F6N14O14. The summed E-state index contributed by atoms with van der Waals surface area (Å²) in [6.07, 6.45) is -7.40. The fourth-order valence-electron chi connectivity index (χ4n) is 7.70. The number of nitrogens with one attached hydrogen (secondary N) is 2. The first kappa shape index (κ1) is 70.5. The second-order valence-electron chi connectivity index (χ2n) is 17.6. The van der Waals surface area contributed by atoms with Gasteiger partial charge in [0.25, 0.3) is 0 Å². The summed E-state index contributed by atoms with van der Waals surface area (Å²) in [5.74, 6) is -6.16. The van der Waals surface area contributed by atoms with E-state index >= 15 is 0 Å². The standard InChI is InChI=1S/C12H15F3N4O4.C12H19F3N2O4.C11H18N4O3.C10H16N4O3/c1-2-3-23-8-5-6(10(20)21)4-7(18-19-16)9(8)17-11(22)12(13,14)15;1-2-3-21-8-5-6(10(18)19)4-7(16)9(8)17-11(20)12(13,14)15;1-3-4-18-9-6-7(11(16)17-2)5-8(10(9)12)14-15-13;1-2-3-17-8-5-6(10(15)16)4-7(9(8)11)13-14-12/h5,7-9H,2-4H2,1H3,(H,17,22)(H,20,21);5,7-9,11,17,20H,2-4,16H2,1H3,(H,18,19);6,8-10H,3-5,12H2,1-2H3;5,7-9H,2-4,11H2,1H3,(H,15,16)/t7-,8+,9+;7-,8+,9+,11+;8-,9+,10+;7-,8+,9+/m0000/s1. The summed E-state index contributed by atoms with van der Waals surface area (Å²) in [7, 11) is 1.31. The maximum Gasteiger partial charge on any atom is 0.471 e. The normalized spacial score (nSPS) is 26.8. The third-order valence-corrected chi connectivity index (χ3v) is 11.6. The molecule has 28 nitrogen and oxygen atoms in total. The highest BCUT2D eigenvalue weighted by molar-refractivity contribution is 5.89. The van der Waals surface area contributed by atoms with E-state index in [0.29, 0.717) is 31.6 Å². The molecule has 0 aromatic carbocycles. The molecule has 4 rings (SSSR count). The van der Waals surface area contributed by atoms with E-state index in [1.54, 1.807) is 25.2 Å². The van der Waals surface area contributed by atoms with Crippen LogP contribution in [0, 0.1) is 0 Å². The highest BCUT2D eigenvalue weighted by atomic mass is 19.4. The van der Waals surface area contributed by atoms with E-state index in [0.717, 1.165) is 18.9 Å². The van der Waals surface area contributed by atoms with E-state index in [4.69, 9.17) is 73.2 Å². The number of rotatable bonds is 22. The number of carboxylic acid groups (broad SMARTS) is 3. The first-order valence-electron chi connectivity index (χ1n) is 24.5. The van der Waals surface area contributed by atoms with Gasteiger partial charge in [0.05, 0.1) is 61.7 Å². The predicted octanol–water partition coefficient (Wildman–Crippen LogP) is 4.78. The Balaban J connectivity index is 0.000000530. The lowest BCUT2D eigenvalue weighted by atomic mass is 9.88. The lowest BCUT2D eigenvalue weighted by Crippen LogP contribution is -2.60. The summed E-state index contributed by atoms with van der Waals surface area (Å²) in [6.45, 7) is 8.87. The lowest BCUT2D eigenvalue weighted by molar-refractivity contribution is -0.218. The van der Waals surface area contributed by atoms with E-state index in [2.05, 4.69) is 34.8 Å². The Kier molecular flexibility index (Phi) is 31.4. The van der Waals surface area contributed by atoms with E-state index in [1.807, 2.05) is 19.2 Å². The molecule has 0 spiro atoms. The van der Waals surface area contributed by atoms with Crippen molar-refractivity contribution >= 4 is 29.8 Å². The minimum atomic E-state index is -5.12. The molecule has 1 amide bonds. The number of methoxy groups -OCH3 is 1. The number of aliphatic hydroxyl groups excluding tert-OH is 1. The fraction of sp³-hybridized carbons (Fsp3) is 0.711. The number of azide groups is 3. The lowest BCUT2D eigenvalue weighted by Gasteiger charge is -2.36. The minimum Gasteiger partial charge on any atom is -0.478 e. The minimum absolute atomic E-state index is 0.0110. The number of aliphatic hydroxyl groups is 1. The molecule has 0 unspecified atom stereocenters. The molecule has 444 valence electrons. The molecule has 4 aliphatic carbocycles. The van der Waals surface area contributed by atoms with Gasteiger partial charge in [-0.15, -0.1) is 0 Å². The first-order chi connectivity index (χ1) is 37.1. The molecule has 79 heavy (non-hydrogen) atoms. The number of alkyl halides is 6. The highest BCUT2D eigenvalue weighted by Crippen LogP contribution is 2.29. The van der Waals surface area contributed by atoms with Gasteiger partial charge in [-0.2, -0.15) is 26.3 Å². The summed E-state index contributed by atoms with van der Waals surface area (Å²) >= 11 is 0. The summed E-state index contributed by atoms with van der Waals surface area (Å²) in [5.41, 5.74) is 43.5. The Bertz CT molecular complexity index is 2310. The molecule has 0 saturated carbocycles. The largest absolute Gasteiger partial charge is 0.478 e. The number of carbonyl (C=O) groups is 5. The van der Waals surface area contributed by atoms with Crippen LogP contribution < -0.4 is 27.8 Å². The van der Waals surface area contributed by atoms with E-state index in [9.17, 15) is 50.3 Å². The number of amides is 1. The fourth-order valence-corrected chi connectivity index (χ4v) is 7.70. The third-order valence-electron chi connectivity index (χ3n) is 11.6. The number of halogens is 6. The van der Waals surface area contributed by atoms with Gasteiger partial charge in [-0.1, -0.05) is 43.0 Å². The molecule has 13 atom stereocenters. The second-order valence-corrected chi connectivity index (χ2v) is 17.6. The Labute approximate surface area is 448 Å². The predicted molar refractivity (Wildman–Crippen MR) is 266 cm³/mol. The number of carbonyl (C=O) groups excluding carboxylic acids is 2. The van der Waals surface area contributed by atoms with Crippen molar-refractivity contribution in [3.8, 4) is 0 Å². The van der Waals surface area contributed by atoms with Crippen LogP contribution in [0.25, 0.3) is 31.3 Å². The van der Waals surface area contributed by atoms with Crippen LogP contribution >= 0.6 is 0 Å². The van der Waals surface area contributed by atoms with Crippen LogP contribution in [0.15, 0.2) is 61.9 Å². The Morgan fingerprint density at radius 3 is 1.32 bits per heavy atom. The van der Waals surface area contributed by atoms with Gasteiger partial charge in [-0.3, -0.25) is 10.1 Å². The van der Waals surface area contributed by atoms with E-state index in [1.165, 1.54) is 19.3 Å². The number of hydrogen-bond acceptors (Lipinski definition) is 18. The molecule has 0 aliphatic heterocycles. The van der Waals surface area contributed by atoms with Crippen LogP contribution in [-0.4, -0.2) is 175 Å². The average Bonchev–Trinajstić information content (AvgIpc) is 3.38. The van der Waals surface area contributed by atoms with Crippen molar-refractivity contribution in [2.45, 2.75) is 170 Å². The van der Waals surface area contributed by atoms with Crippen LogP contribution in [0.4, 0.5) is 26.3 Å². The quantitative estimate of drug-likeness (QED) is 0.0176. The topological polar surface area (TPSA) is 461 Å². The maximum absolute atomic E-state index is 12.4. The third kappa shape index (κ3) is 23.8. The smallest absolute Gasteiger partial charge is 0.471 e. The van der Waals surface area contributed by atoms with Gasteiger partial charge in [-0.05, 0) is 92.3 Å². The molecule has 0 fully saturated rings. The second kappa shape index (κ2) is 35.2. The number of hydrogen-bond donors (Lipinski definition) is 9. The molecule has 0 heterocycles. The van der Waals surface area contributed by atoms with Gasteiger partial charge in [0.1, 0.15) is 0 Å². The SMILES string of the molecule is CCCO[C@@H]1C=C(C(=O)O)C[C@H](N)[C@H]1N[C@H](O)C(F)(F)F.CCCO[C@@H]1C=C(C(=O)O)C[C@H](N=[N+]=[N-])[C@H]1N.CCCO[C@@H]1C=C(C(=O)O)C[C@H](N=[N+]=[N-])[C@H]1NC(=O)C(F)(F)F.CCCO[C@@H]1C=C(C(=O)OC)C[C@H](N=[N+]=[N-])[C@H]1N. The summed E-state index contributed by atoms with van der Waals surface area (Å²) in [6, 6.07) is -6.47. The molecular weight excluding hydrogens is 1070 g/mol. The van der Waals surface area contributed by atoms with Gasteiger partial charge >= 0.3 is 42.1 Å². The maximum atomic E-state index is 12.4. The molecule has 4 aliphatic rings. The van der Waals surface area contributed by atoms with Crippen LogP contribution in [0.2, 0.25) is 0 Å². The van der Waals surface area contributed by atoms with Gasteiger partial charge in [-0.25, -0.2) is 19.2 Å². The number of nitrogens with zero attached hydrogens (tertiary/aromatic N) is 9. The highest BCUT2D eigenvalue weighted by Gasteiger charge is 2.45. The Morgan fingerprint density at radius 1 is 0.608 bits per heavy atom. The molecule has 0 aromatic heterocycles. The zero-order valence-corrected chi connectivity index (χ0v) is 43.7. The molecule has 12 N–H and O–H groups in total.